The zero-order chi connectivity index (χ0) is 12.8. The van der Waals surface area contributed by atoms with Crippen molar-refractivity contribution in [2.45, 2.75) is 13.3 Å². The van der Waals surface area contributed by atoms with Gasteiger partial charge in [0, 0.05) is 6.61 Å². The molecule has 0 unspecified atom stereocenters. The maximum Gasteiger partial charge on any atom is 0.246 e. The molecule has 18 heavy (non-hydrogen) atoms. The molecule has 0 N–H and O–H groups in total. The van der Waals surface area contributed by atoms with Gasteiger partial charge in [0.25, 0.3) is 0 Å². The summed E-state index contributed by atoms with van der Waals surface area (Å²) in [6.07, 6.45) is 0.984. The van der Waals surface area contributed by atoms with Crippen LogP contribution in [0.2, 0.25) is 0 Å². The maximum absolute atomic E-state index is 9.01. The van der Waals surface area contributed by atoms with Crippen LogP contribution in [0.25, 0.3) is 11.0 Å². The molecular formula is C14H15NO3. The minimum Gasteiger partial charge on any atom is -0.486 e. The van der Waals surface area contributed by atoms with Gasteiger partial charge in [-0.05, 0) is 18.6 Å². The predicted molar refractivity (Wildman–Crippen MR) is 67.5 cm³/mol. The lowest BCUT2D eigenvalue weighted by atomic mass is 10.2. The number of hydrogen-bond acceptors (Lipinski definition) is 4. The Hall–Kier alpha value is -1.99. The van der Waals surface area contributed by atoms with Crippen molar-refractivity contribution in [1.82, 2.24) is 0 Å². The molecule has 0 aliphatic carbocycles. The van der Waals surface area contributed by atoms with E-state index >= 15 is 0 Å². The Labute approximate surface area is 106 Å². The number of nitriles is 1. The second-order valence-electron chi connectivity index (χ2n) is 3.83. The highest BCUT2D eigenvalue weighted by Crippen LogP contribution is 2.32. The quantitative estimate of drug-likeness (QED) is 0.734. The molecular weight excluding hydrogens is 230 g/mol. The molecule has 0 amide bonds. The smallest absolute Gasteiger partial charge is 0.246 e. The Balaban J connectivity index is 2.09. The summed E-state index contributed by atoms with van der Waals surface area (Å²) < 4.78 is 16.3. The third-order valence-corrected chi connectivity index (χ3v) is 2.47. The lowest BCUT2D eigenvalue weighted by molar-refractivity contribution is 0.101. The van der Waals surface area contributed by atoms with E-state index in [4.69, 9.17) is 19.2 Å². The van der Waals surface area contributed by atoms with Crippen LogP contribution in [-0.4, -0.2) is 19.8 Å². The topological polar surface area (TPSA) is 55.4 Å². The van der Waals surface area contributed by atoms with Gasteiger partial charge in [-0.1, -0.05) is 19.1 Å². The van der Waals surface area contributed by atoms with Gasteiger partial charge in [0.1, 0.15) is 18.3 Å². The first-order valence-corrected chi connectivity index (χ1v) is 5.99. The molecule has 4 heteroatoms. The van der Waals surface area contributed by atoms with Gasteiger partial charge >= 0.3 is 0 Å². The Morgan fingerprint density at radius 2 is 2.06 bits per heavy atom. The van der Waals surface area contributed by atoms with Crippen LogP contribution in [0.5, 0.6) is 5.75 Å². The molecule has 0 saturated carbocycles. The van der Waals surface area contributed by atoms with E-state index < -0.39 is 0 Å². The van der Waals surface area contributed by atoms with Gasteiger partial charge < -0.3 is 13.9 Å². The molecule has 1 aromatic carbocycles. The first kappa shape index (κ1) is 12.5. The number of hydrogen-bond donors (Lipinski definition) is 0. The normalized spacial score (nSPS) is 10.4. The summed E-state index contributed by atoms with van der Waals surface area (Å²) in [5.41, 5.74) is 0.665. The summed E-state index contributed by atoms with van der Waals surface area (Å²) in [5, 5.41) is 9.83. The average molecular weight is 245 g/mol. The van der Waals surface area contributed by atoms with Gasteiger partial charge in [0.05, 0.1) is 12.0 Å². The standard InChI is InChI=1S/C14H15NO3/c1-2-7-16-8-9-17-14-11-5-3-4-6-12(11)18-13(14)10-15/h3-6H,2,7-9H2,1H3. The fraction of sp³-hybridized carbons (Fsp3) is 0.357. The minimum absolute atomic E-state index is 0.215. The molecule has 0 spiro atoms. The molecule has 0 saturated heterocycles. The van der Waals surface area contributed by atoms with Gasteiger partial charge in [0.15, 0.2) is 5.75 Å². The van der Waals surface area contributed by atoms with Gasteiger partial charge in [-0.3, -0.25) is 0 Å². The number of nitrogens with zero attached hydrogens (tertiary/aromatic N) is 1. The fourth-order valence-corrected chi connectivity index (χ4v) is 1.69. The van der Waals surface area contributed by atoms with E-state index in [2.05, 4.69) is 6.92 Å². The molecule has 1 heterocycles. The van der Waals surface area contributed by atoms with Crippen LogP contribution < -0.4 is 4.74 Å². The lowest BCUT2D eigenvalue weighted by Crippen LogP contribution is -2.07. The average Bonchev–Trinajstić information content (AvgIpc) is 2.77. The SMILES string of the molecule is CCCOCCOc1c(C#N)oc2ccccc12. The van der Waals surface area contributed by atoms with E-state index in [9.17, 15) is 0 Å². The molecule has 0 atom stereocenters. The summed E-state index contributed by atoms with van der Waals surface area (Å²) >= 11 is 0. The van der Waals surface area contributed by atoms with E-state index in [1.165, 1.54) is 0 Å². The molecule has 2 aromatic rings. The zero-order valence-corrected chi connectivity index (χ0v) is 10.3. The number of fused-ring (bicyclic) bond motifs is 1. The third kappa shape index (κ3) is 2.63. The van der Waals surface area contributed by atoms with Crippen molar-refractivity contribution >= 4 is 11.0 Å². The monoisotopic (exact) mass is 245 g/mol. The summed E-state index contributed by atoms with van der Waals surface area (Å²) in [6, 6.07) is 9.45. The number of rotatable bonds is 6. The fourth-order valence-electron chi connectivity index (χ4n) is 1.69. The van der Waals surface area contributed by atoms with Gasteiger partial charge in [0.2, 0.25) is 5.76 Å². The van der Waals surface area contributed by atoms with Crippen LogP contribution in [0, 0.1) is 11.3 Å². The van der Waals surface area contributed by atoms with E-state index in [1.807, 2.05) is 30.3 Å². The zero-order valence-electron chi connectivity index (χ0n) is 10.3. The van der Waals surface area contributed by atoms with E-state index in [0.717, 1.165) is 18.4 Å². The molecule has 0 aliphatic heterocycles. The van der Waals surface area contributed by atoms with Gasteiger partial charge in [-0.2, -0.15) is 5.26 Å². The summed E-state index contributed by atoms with van der Waals surface area (Å²) in [4.78, 5) is 0. The largest absolute Gasteiger partial charge is 0.486 e. The third-order valence-electron chi connectivity index (χ3n) is 2.47. The van der Waals surface area contributed by atoms with Crippen LogP contribution >= 0.6 is 0 Å². The number of para-hydroxylation sites is 1. The van der Waals surface area contributed by atoms with E-state index in [-0.39, 0.29) is 5.76 Å². The van der Waals surface area contributed by atoms with Crippen LogP contribution in [0.3, 0.4) is 0 Å². The highest BCUT2D eigenvalue weighted by molar-refractivity contribution is 5.86. The molecule has 0 bridgehead atoms. The molecule has 0 radical (unpaired) electrons. The maximum atomic E-state index is 9.01. The molecule has 0 aliphatic rings. The predicted octanol–water partition coefficient (Wildman–Crippen LogP) is 3.11. The summed E-state index contributed by atoms with van der Waals surface area (Å²) in [6.45, 7) is 3.70. The molecule has 2 rings (SSSR count). The van der Waals surface area contributed by atoms with Crippen molar-refractivity contribution in [3.63, 3.8) is 0 Å². The first-order valence-electron chi connectivity index (χ1n) is 5.99. The Bertz CT molecular complexity index is 554. The number of furan rings is 1. The van der Waals surface area contributed by atoms with Crippen LogP contribution in [0.1, 0.15) is 19.1 Å². The number of benzene rings is 1. The highest BCUT2D eigenvalue weighted by atomic mass is 16.5. The Morgan fingerprint density at radius 3 is 2.83 bits per heavy atom. The lowest BCUT2D eigenvalue weighted by Gasteiger charge is -2.05. The second kappa shape index (κ2) is 6.08. The van der Waals surface area contributed by atoms with Crippen molar-refractivity contribution in [2.24, 2.45) is 0 Å². The van der Waals surface area contributed by atoms with Crippen LogP contribution in [0.15, 0.2) is 28.7 Å². The van der Waals surface area contributed by atoms with Gasteiger partial charge in [-0.25, -0.2) is 0 Å². The molecule has 0 fully saturated rings. The van der Waals surface area contributed by atoms with Crippen molar-refractivity contribution in [1.29, 1.82) is 5.26 Å². The van der Waals surface area contributed by atoms with Crippen molar-refractivity contribution < 1.29 is 13.9 Å². The minimum atomic E-state index is 0.215. The van der Waals surface area contributed by atoms with Crippen molar-refractivity contribution in [3.05, 3.63) is 30.0 Å². The van der Waals surface area contributed by atoms with Crippen LogP contribution in [0.4, 0.5) is 0 Å². The van der Waals surface area contributed by atoms with Crippen molar-refractivity contribution in [2.75, 3.05) is 19.8 Å². The molecule has 94 valence electrons. The number of ether oxygens (including phenoxy) is 2. The summed E-state index contributed by atoms with van der Waals surface area (Å²) in [5.74, 6) is 0.722. The summed E-state index contributed by atoms with van der Waals surface area (Å²) in [7, 11) is 0. The van der Waals surface area contributed by atoms with Crippen LogP contribution in [-0.2, 0) is 4.74 Å². The second-order valence-corrected chi connectivity index (χ2v) is 3.83. The van der Waals surface area contributed by atoms with Crippen molar-refractivity contribution in [3.8, 4) is 11.8 Å². The van der Waals surface area contributed by atoms with Gasteiger partial charge in [-0.15, -0.1) is 0 Å². The first-order chi connectivity index (χ1) is 8.86. The van der Waals surface area contributed by atoms with E-state index in [0.29, 0.717) is 24.5 Å². The molecule has 1 aromatic heterocycles. The highest BCUT2D eigenvalue weighted by Gasteiger charge is 2.14. The Morgan fingerprint density at radius 1 is 1.22 bits per heavy atom. The molecule has 4 nitrogen and oxygen atoms in total. The Kier molecular flexibility index (Phi) is 4.21. The van der Waals surface area contributed by atoms with E-state index in [1.54, 1.807) is 0 Å².